The van der Waals surface area contributed by atoms with Crippen molar-refractivity contribution in [2.45, 2.75) is 31.8 Å². The second kappa shape index (κ2) is 5.11. The molecule has 7 heteroatoms. The number of carbonyl (C=O) groups excluding carboxylic acids is 1. The lowest BCUT2D eigenvalue weighted by Crippen LogP contribution is -2.36. The summed E-state index contributed by atoms with van der Waals surface area (Å²) in [4.78, 5) is 13.6. The maximum atomic E-state index is 11.3. The van der Waals surface area contributed by atoms with Crippen molar-refractivity contribution in [3.63, 3.8) is 0 Å². The Morgan fingerprint density at radius 1 is 1.67 bits per heavy atom. The van der Waals surface area contributed by atoms with Gasteiger partial charge in [-0.1, -0.05) is 0 Å². The first kappa shape index (κ1) is 13.1. The zero-order valence-corrected chi connectivity index (χ0v) is 11.5. The van der Waals surface area contributed by atoms with Crippen LogP contribution in [0.4, 0.5) is 10.8 Å². The van der Waals surface area contributed by atoms with E-state index in [1.54, 1.807) is 0 Å². The number of likely N-dealkylation sites (N-methyl/N-ethyl adjacent to an activating group) is 1. The van der Waals surface area contributed by atoms with Gasteiger partial charge in [0.05, 0.1) is 0 Å². The van der Waals surface area contributed by atoms with Crippen LogP contribution in [-0.4, -0.2) is 40.9 Å². The molecule has 100 valence electrons. The third-order valence-corrected chi connectivity index (χ3v) is 4.16. The van der Waals surface area contributed by atoms with Crippen LogP contribution in [0, 0.1) is 0 Å². The summed E-state index contributed by atoms with van der Waals surface area (Å²) in [6.45, 7) is 2.90. The molecule has 1 aliphatic rings. The molecule has 0 aromatic carbocycles. The number of primary amides is 1. The van der Waals surface area contributed by atoms with E-state index in [0.717, 1.165) is 6.54 Å². The third-order valence-electron chi connectivity index (χ3n) is 3.34. The fourth-order valence-corrected chi connectivity index (χ4v) is 2.61. The molecule has 1 unspecified atom stereocenters. The summed E-state index contributed by atoms with van der Waals surface area (Å²) >= 11 is 1.18. The van der Waals surface area contributed by atoms with Crippen LogP contribution >= 0.6 is 11.5 Å². The van der Waals surface area contributed by atoms with E-state index in [4.69, 9.17) is 11.5 Å². The monoisotopic (exact) mass is 269 g/mol. The Kier molecular flexibility index (Phi) is 3.72. The van der Waals surface area contributed by atoms with Gasteiger partial charge in [0.1, 0.15) is 10.6 Å². The van der Waals surface area contributed by atoms with Gasteiger partial charge < -0.3 is 16.8 Å². The molecule has 1 aromatic heterocycles. The minimum absolute atomic E-state index is 0.207. The van der Waals surface area contributed by atoms with Gasteiger partial charge in [-0.25, -0.2) is 0 Å². The summed E-state index contributed by atoms with van der Waals surface area (Å²) in [5, 5.41) is 3.88. The fraction of sp³-hybridized carbons (Fsp3) is 0.636. The van der Waals surface area contributed by atoms with Crippen LogP contribution in [0.25, 0.3) is 0 Å². The van der Waals surface area contributed by atoms with Crippen molar-refractivity contribution in [3.05, 3.63) is 5.56 Å². The summed E-state index contributed by atoms with van der Waals surface area (Å²) < 4.78 is 3.95. The Balaban J connectivity index is 1.95. The molecule has 5 N–H and O–H groups in total. The standard InChI is InChI=1S/C11H19N5OS/c1-6(16(2)7-3-4-7)5-14-11-8(10(13)17)9(12)15-18-11/h6-7,14H,3-5H2,1-2H3,(H2,12,15)(H2,13,17). The van der Waals surface area contributed by atoms with Crippen LogP contribution in [0.5, 0.6) is 0 Å². The van der Waals surface area contributed by atoms with Crippen molar-refractivity contribution in [2.24, 2.45) is 5.73 Å². The predicted octanol–water partition coefficient (Wildman–Crippen LogP) is 0.719. The van der Waals surface area contributed by atoms with Gasteiger partial charge in [0.25, 0.3) is 5.91 Å². The van der Waals surface area contributed by atoms with E-state index >= 15 is 0 Å². The van der Waals surface area contributed by atoms with E-state index in [9.17, 15) is 4.79 Å². The van der Waals surface area contributed by atoms with Crippen LogP contribution in [0.1, 0.15) is 30.1 Å². The maximum Gasteiger partial charge on any atom is 0.255 e. The molecule has 1 fully saturated rings. The minimum Gasteiger partial charge on any atom is -0.382 e. The third kappa shape index (κ3) is 2.73. The molecular weight excluding hydrogens is 250 g/mol. The van der Waals surface area contributed by atoms with Gasteiger partial charge in [-0.05, 0) is 38.3 Å². The highest BCUT2D eigenvalue weighted by molar-refractivity contribution is 7.11. The molecule has 1 heterocycles. The summed E-state index contributed by atoms with van der Waals surface area (Å²) in [7, 11) is 2.13. The average Bonchev–Trinajstić information content (AvgIpc) is 3.09. The SMILES string of the molecule is CC(CNc1snc(N)c1C(N)=O)N(C)C1CC1. The highest BCUT2D eigenvalue weighted by atomic mass is 32.1. The van der Waals surface area contributed by atoms with Gasteiger partial charge in [0.2, 0.25) is 0 Å². The summed E-state index contributed by atoms with van der Waals surface area (Å²) in [6, 6.07) is 1.10. The molecule has 18 heavy (non-hydrogen) atoms. The van der Waals surface area contributed by atoms with E-state index < -0.39 is 5.91 Å². The number of nitrogens with one attached hydrogen (secondary N) is 1. The van der Waals surface area contributed by atoms with Gasteiger partial charge >= 0.3 is 0 Å². The zero-order valence-electron chi connectivity index (χ0n) is 10.6. The van der Waals surface area contributed by atoms with Crippen molar-refractivity contribution in [1.82, 2.24) is 9.27 Å². The van der Waals surface area contributed by atoms with Gasteiger partial charge in [-0.15, -0.1) is 0 Å². The highest BCUT2D eigenvalue weighted by Crippen LogP contribution is 2.28. The summed E-state index contributed by atoms with van der Waals surface area (Å²) in [5.41, 5.74) is 11.2. The zero-order chi connectivity index (χ0) is 13.3. The first-order chi connectivity index (χ1) is 8.50. The predicted molar refractivity (Wildman–Crippen MR) is 73.8 cm³/mol. The molecule has 0 spiro atoms. The number of anilines is 2. The normalized spacial score (nSPS) is 16.8. The number of nitrogens with two attached hydrogens (primary N) is 2. The number of hydrogen-bond acceptors (Lipinski definition) is 6. The highest BCUT2D eigenvalue weighted by Gasteiger charge is 2.29. The molecule has 1 amide bonds. The Labute approximate surface area is 110 Å². The van der Waals surface area contributed by atoms with Crippen molar-refractivity contribution < 1.29 is 4.79 Å². The molecule has 1 saturated carbocycles. The lowest BCUT2D eigenvalue weighted by molar-refractivity contribution is 0.100. The average molecular weight is 269 g/mol. The molecule has 1 aromatic rings. The lowest BCUT2D eigenvalue weighted by atomic mass is 10.2. The van der Waals surface area contributed by atoms with Gasteiger partial charge in [-0.2, -0.15) is 4.37 Å². The van der Waals surface area contributed by atoms with Crippen LogP contribution in [-0.2, 0) is 0 Å². The smallest absolute Gasteiger partial charge is 0.255 e. The second-order valence-electron chi connectivity index (χ2n) is 4.76. The number of hydrogen-bond donors (Lipinski definition) is 3. The molecule has 1 atom stereocenters. The molecule has 2 rings (SSSR count). The van der Waals surface area contributed by atoms with Crippen LogP contribution in [0.3, 0.4) is 0 Å². The summed E-state index contributed by atoms with van der Waals surface area (Å²) in [5.74, 6) is -0.329. The molecule has 0 aliphatic heterocycles. The van der Waals surface area contributed by atoms with Crippen molar-refractivity contribution in [1.29, 1.82) is 0 Å². The first-order valence-corrected chi connectivity index (χ1v) is 6.78. The Morgan fingerprint density at radius 2 is 2.33 bits per heavy atom. The van der Waals surface area contributed by atoms with E-state index in [-0.39, 0.29) is 5.82 Å². The van der Waals surface area contributed by atoms with Gasteiger partial charge in [0, 0.05) is 18.6 Å². The molecule has 0 saturated heterocycles. The van der Waals surface area contributed by atoms with E-state index in [1.807, 2.05) is 0 Å². The first-order valence-electron chi connectivity index (χ1n) is 6.01. The maximum absolute atomic E-state index is 11.3. The Bertz CT molecular complexity index is 443. The van der Waals surface area contributed by atoms with E-state index in [1.165, 1.54) is 24.4 Å². The number of nitrogen functional groups attached to an aromatic ring is 1. The Hall–Kier alpha value is -1.34. The number of aromatic nitrogens is 1. The molecule has 0 bridgehead atoms. The van der Waals surface area contributed by atoms with Crippen molar-refractivity contribution >= 4 is 28.3 Å². The topological polar surface area (TPSA) is 97.3 Å². The molecule has 1 aliphatic carbocycles. The minimum atomic E-state index is -0.535. The number of rotatable bonds is 6. The van der Waals surface area contributed by atoms with Crippen LogP contribution in [0.2, 0.25) is 0 Å². The van der Waals surface area contributed by atoms with Crippen molar-refractivity contribution in [3.8, 4) is 0 Å². The summed E-state index contributed by atoms with van der Waals surface area (Å²) in [6.07, 6.45) is 2.56. The van der Waals surface area contributed by atoms with Crippen LogP contribution < -0.4 is 16.8 Å². The molecule has 6 nitrogen and oxygen atoms in total. The van der Waals surface area contributed by atoms with E-state index in [0.29, 0.717) is 22.6 Å². The largest absolute Gasteiger partial charge is 0.382 e. The van der Waals surface area contributed by atoms with Gasteiger partial charge in [0.15, 0.2) is 5.82 Å². The van der Waals surface area contributed by atoms with Gasteiger partial charge in [-0.3, -0.25) is 9.69 Å². The fourth-order valence-electron chi connectivity index (χ4n) is 1.89. The molecule has 0 radical (unpaired) electrons. The van der Waals surface area contributed by atoms with Crippen LogP contribution in [0.15, 0.2) is 0 Å². The quantitative estimate of drug-likeness (QED) is 0.707. The van der Waals surface area contributed by atoms with Crippen molar-refractivity contribution in [2.75, 3.05) is 24.6 Å². The number of carbonyl (C=O) groups is 1. The Morgan fingerprint density at radius 3 is 2.89 bits per heavy atom. The second-order valence-corrected chi connectivity index (χ2v) is 5.54. The van der Waals surface area contributed by atoms with E-state index in [2.05, 4.69) is 28.6 Å². The lowest BCUT2D eigenvalue weighted by Gasteiger charge is -2.24. The number of nitrogens with zero attached hydrogens (tertiary/aromatic N) is 2. The molecular formula is C11H19N5OS. The number of amides is 1.